The van der Waals surface area contributed by atoms with E-state index >= 15 is 0 Å². The predicted molar refractivity (Wildman–Crippen MR) is 47.3 cm³/mol. The Balaban J connectivity index is 2.84. The van der Waals surface area contributed by atoms with Crippen LogP contribution in [0.5, 0.6) is 0 Å². The summed E-state index contributed by atoms with van der Waals surface area (Å²) in [6.07, 6.45) is -4.36. The van der Waals surface area contributed by atoms with Crippen molar-refractivity contribution in [3.8, 4) is 0 Å². The Hall–Kier alpha value is -1.15. The molecular formula is C8H12F3N3O2. The van der Waals surface area contributed by atoms with Crippen molar-refractivity contribution in [2.45, 2.75) is 25.1 Å². The Morgan fingerprint density at radius 1 is 1.44 bits per heavy atom. The van der Waals surface area contributed by atoms with Crippen molar-refractivity contribution >= 4 is 0 Å². The third-order valence-electron chi connectivity index (χ3n) is 2.00. The van der Waals surface area contributed by atoms with Gasteiger partial charge in [0.05, 0.1) is 5.54 Å². The third-order valence-corrected chi connectivity index (χ3v) is 2.00. The molecule has 0 aliphatic rings. The van der Waals surface area contributed by atoms with Crippen molar-refractivity contribution in [1.29, 1.82) is 0 Å². The zero-order chi connectivity index (χ0) is 12.4. The summed E-state index contributed by atoms with van der Waals surface area (Å²) in [5, 5.41) is 3.22. The molecule has 0 amide bonds. The summed E-state index contributed by atoms with van der Waals surface area (Å²) in [5.74, 6) is -1.58. The van der Waals surface area contributed by atoms with E-state index in [1.54, 1.807) is 0 Å². The minimum absolute atomic E-state index is 0.183. The summed E-state index contributed by atoms with van der Waals surface area (Å²) in [7, 11) is 1.47. The smallest absolute Gasteiger partial charge is 0.385 e. The normalized spacial score (nSPS) is 16.1. The number of hydrogen-bond donors (Lipinski definition) is 1. The summed E-state index contributed by atoms with van der Waals surface area (Å²) in [4.78, 5) is 3.22. The van der Waals surface area contributed by atoms with E-state index in [1.807, 2.05) is 0 Å². The monoisotopic (exact) mass is 239 g/mol. The van der Waals surface area contributed by atoms with Gasteiger partial charge in [0.15, 0.2) is 5.82 Å². The Bertz CT molecular complexity index is 349. The van der Waals surface area contributed by atoms with Crippen molar-refractivity contribution in [1.82, 2.24) is 10.1 Å². The summed E-state index contributed by atoms with van der Waals surface area (Å²) in [6.45, 7) is 1.81. The van der Waals surface area contributed by atoms with E-state index < -0.39 is 17.6 Å². The van der Waals surface area contributed by atoms with Gasteiger partial charge in [0.1, 0.15) is 0 Å². The van der Waals surface area contributed by atoms with Crippen LogP contribution in [-0.2, 0) is 16.5 Å². The van der Waals surface area contributed by atoms with Gasteiger partial charge in [0.25, 0.3) is 0 Å². The minimum Gasteiger partial charge on any atom is -0.385 e. The number of hydrogen-bond acceptors (Lipinski definition) is 5. The van der Waals surface area contributed by atoms with Crippen molar-refractivity contribution in [2.24, 2.45) is 5.73 Å². The summed E-state index contributed by atoms with van der Waals surface area (Å²) in [6, 6.07) is 0. The van der Waals surface area contributed by atoms with Gasteiger partial charge in [-0.05, 0) is 13.3 Å². The highest BCUT2D eigenvalue weighted by Gasteiger charge is 2.40. The Morgan fingerprint density at radius 3 is 2.50 bits per heavy atom. The van der Waals surface area contributed by atoms with Crippen LogP contribution in [-0.4, -0.2) is 23.9 Å². The highest BCUT2D eigenvalue weighted by Crippen LogP contribution is 2.29. The average molecular weight is 239 g/mol. The Morgan fingerprint density at radius 2 is 2.06 bits per heavy atom. The van der Waals surface area contributed by atoms with Crippen molar-refractivity contribution < 1.29 is 22.4 Å². The van der Waals surface area contributed by atoms with Gasteiger partial charge in [-0.1, -0.05) is 5.16 Å². The predicted octanol–water partition coefficient (Wildman–Crippen LogP) is 1.30. The molecular weight excluding hydrogens is 227 g/mol. The van der Waals surface area contributed by atoms with Gasteiger partial charge in [-0.3, -0.25) is 0 Å². The molecule has 0 spiro atoms. The summed E-state index contributed by atoms with van der Waals surface area (Å²) < 4.78 is 45.4. The molecule has 2 N–H and O–H groups in total. The molecule has 1 unspecified atom stereocenters. The molecule has 0 bridgehead atoms. The lowest BCUT2D eigenvalue weighted by Crippen LogP contribution is -2.35. The van der Waals surface area contributed by atoms with E-state index in [1.165, 1.54) is 14.0 Å². The minimum atomic E-state index is -4.65. The lowest BCUT2D eigenvalue weighted by atomic mass is 9.99. The second-order valence-corrected chi connectivity index (χ2v) is 3.58. The molecule has 92 valence electrons. The average Bonchev–Trinajstić information content (AvgIpc) is 2.63. The molecule has 0 aromatic carbocycles. The van der Waals surface area contributed by atoms with E-state index in [2.05, 4.69) is 14.7 Å². The van der Waals surface area contributed by atoms with Gasteiger partial charge in [-0.15, -0.1) is 0 Å². The first-order chi connectivity index (χ1) is 7.27. The molecule has 1 atom stereocenters. The van der Waals surface area contributed by atoms with Crippen LogP contribution in [0.2, 0.25) is 0 Å². The molecule has 0 fully saturated rings. The molecule has 1 rings (SSSR count). The second kappa shape index (κ2) is 4.38. The van der Waals surface area contributed by atoms with Crippen LogP contribution in [0.3, 0.4) is 0 Å². The lowest BCUT2D eigenvalue weighted by molar-refractivity contribution is -0.159. The number of nitrogens with zero attached hydrogens (tertiary/aromatic N) is 2. The number of rotatable bonds is 4. The van der Waals surface area contributed by atoms with E-state index in [9.17, 15) is 13.2 Å². The molecule has 1 aromatic heterocycles. The van der Waals surface area contributed by atoms with Crippen molar-refractivity contribution in [3.05, 3.63) is 11.7 Å². The fourth-order valence-electron chi connectivity index (χ4n) is 0.996. The number of alkyl halides is 3. The molecule has 5 nitrogen and oxygen atoms in total. The molecule has 0 aliphatic carbocycles. The Kier molecular flexibility index (Phi) is 3.54. The van der Waals surface area contributed by atoms with Gasteiger partial charge in [-0.2, -0.15) is 18.2 Å². The summed E-state index contributed by atoms with van der Waals surface area (Å²) in [5.41, 5.74) is 4.64. The molecule has 16 heavy (non-hydrogen) atoms. The highest BCUT2D eigenvalue weighted by atomic mass is 19.4. The van der Waals surface area contributed by atoms with E-state index in [0.717, 1.165) is 0 Å². The number of ether oxygens (including phenoxy) is 1. The number of aromatic nitrogens is 2. The van der Waals surface area contributed by atoms with Gasteiger partial charge in [0, 0.05) is 13.7 Å². The van der Waals surface area contributed by atoms with Gasteiger partial charge >= 0.3 is 12.1 Å². The summed E-state index contributed by atoms with van der Waals surface area (Å²) >= 11 is 0. The first-order valence-electron chi connectivity index (χ1n) is 4.46. The SMILES string of the molecule is COCCC(C)(N)c1noc(C(F)(F)F)n1. The maximum absolute atomic E-state index is 12.2. The van der Waals surface area contributed by atoms with Crippen molar-refractivity contribution in [2.75, 3.05) is 13.7 Å². The quantitative estimate of drug-likeness (QED) is 0.857. The van der Waals surface area contributed by atoms with E-state index in [-0.39, 0.29) is 5.82 Å². The maximum atomic E-state index is 12.2. The zero-order valence-electron chi connectivity index (χ0n) is 8.84. The van der Waals surface area contributed by atoms with Crippen LogP contribution in [0.15, 0.2) is 4.52 Å². The van der Waals surface area contributed by atoms with Crippen LogP contribution < -0.4 is 5.73 Å². The van der Waals surface area contributed by atoms with Crippen LogP contribution in [0.25, 0.3) is 0 Å². The fourth-order valence-corrected chi connectivity index (χ4v) is 0.996. The van der Waals surface area contributed by atoms with E-state index in [0.29, 0.717) is 13.0 Å². The third kappa shape index (κ3) is 2.92. The number of methoxy groups -OCH3 is 1. The molecule has 0 radical (unpaired) electrons. The molecule has 1 aromatic rings. The lowest BCUT2D eigenvalue weighted by Gasteiger charge is -2.19. The Labute approximate surface area is 89.8 Å². The topological polar surface area (TPSA) is 74.2 Å². The zero-order valence-corrected chi connectivity index (χ0v) is 8.84. The van der Waals surface area contributed by atoms with Crippen LogP contribution >= 0.6 is 0 Å². The number of halogens is 3. The molecule has 0 saturated carbocycles. The molecule has 1 heterocycles. The van der Waals surface area contributed by atoms with Gasteiger partial charge in [0.2, 0.25) is 0 Å². The molecule has 0 saturated heterocycles. The molecule has 0 aliphatic heterocycles. The first kappa shape index (κ1) is 12.9. The largest absolute Gasteiger partial charge is 0.471 e. The van der Waals surface area contributed by atoms with Gasteiger partial charge < -0.3 is 15.0 Å². The maximum Gasteiger partial charge on any atom is 0.471 e. The van der Waals surface area contributed by atoms with Crippen LogP contribution in [0, 0.1) is 0 Å². The van der Waals surface area contributed by atoms with E-state index in [4.69, 9.17) is 10.5 Å². The fraction of sp³-hybridized carbons (Fsp3) is 0.750. The van der Waals surface area contributed by atoms with Gasteiger partial charge in [-0.25, -0.2) is 0 Å². The van der Waals surface area contributed by atoms with Crippen LogP contribution in [0.4, 0.5) is 13.2 Å². The highest BCUT2D eigenvalue weighted by molar-refractivity contribution is 5.02. The van der Waals surface area contributed by atoms with Crippen molar-refractivity contribution in [3.63, 3.8) is 0 Å². The first-order valence-corrected chi connectivity index (χ1v) is 4.46. The van der Waals surface area contributed by atoms with Crippen LogP contribution in [0.1, 0.15) is 25.1 Å². The standard InChI is InChI=1S/C8H12F3N3O2/c1-7(12,3-4-15-2)5-13-6(16-14-5)8(9,10)11/h3-4,12H2,1-2H3. The second-order valence-electron chi connectivity index (χ2n) is 3.58. The number of nitrogens with two attached hydrogens (primary N) is 1. The molecule has 8 heteroatoms.